The third-order valence-corrected chi connectivity index (χ3v) is 2.59. The molecule has 1 aromatic heterocycles. The van der Waals surface area contributed by atoms with Crippen molar-refractivity contribution in [3.8, 4) is 0 Å². The van der Waals surface area contributed by atoms with E-state index in [0.717, 1.165) is 0 Å². The highest BCUT2D eigenvalue weighted by Crippen LogP contribution is 2.03. The van der Waals surface area contributed by atoms with Gasteiger partial charge in [0.05, 0.1) is 23.8 Å². The second-order valence-electron chi connectivity index (χ2n) is 3.85. The zero-order valence-electron chi connectivity index (χ0n) is 9.77. The quantitative estimate of drug-likeness (QED) is 0.826. The SMILES string of the molecule is CC(C(=O)NCCn1cc(Cl)cn1)N(C)C. The number of carbonyl (C=O) groups is 1. The minimum Gasteiger partial charge on any atom is -0.353 e. The zero-order valence-corrected chi connectivity index (χ0v) is 10.5. The van der Waals surface area contributed by atoms with Gasteiger partial charge in [0.25, 0.3) is 0 Å². The Labute approximate surface area is 100 Å². The van der Waals surface area contributed by atoms with Gasteiger partial charge in [-0.1, -0.05) is 11.6 Å². The van der Waals surface area contributed by atoms with Crippen LogP contribution in [0, 0.1) is 0 Å². The van der Waals surface area contributed by atoms with E-state index in [1.807, 2.05) is 25.9 Å². The molecule has 0 saturated carbocycles. The first kappa shape index (κ1) is 13.0. The van der Waals surface area contributed by atoms with Gasteiger partial charge in [-0.05, 0) is 21.0 Å². The maximum absolute atomic E-state index is 11.6. The van der Waals surface area contributed by atoms with Crippen molar-refractivity contribution in [1.29, 1.82) is 0 Å². The van der Waals surface area contributed by atoms with Crippen molar-refractivity contribution < 1.29 is 4.79 Å². The highest BCUT2D eigenvalue weighted by atomic mass is 35.5. The summed E-state index contributed by atoms with van der Waals surface area (Å²) in [6.45, 7) is 3.04. The van der Waals surface area contributed by atoms with Crippen LogP contribution in [0.5, 0.6) is 0 Å². The van der Waals surface area contributed by atoms with Crippen molar-refractivity contribution in [1.82, 2.24) is 20.0 Å². The van der Waals surface area contributed by atoms with Gasteiger partial charge >= 0.3 is 0 Å². The summed E-state index contributed by atoms with van der Waals surface area (Å²) in [6, 6.07) is -0.124. The van der Waals surface area contributed by atoms with Gasteiger partial charge in [-0.15, -0.1) is 0 Å². The van der Waals surface area contributed by atoms with E-state index in [0.29, 0.717) is 18.1 Å². The normalized spacial score (nSPS) is 12.8. The number of carbonyl (C=O) groups excluding carboxylic acids is 1. The predicted octanol–water partition coefficient (Wildman–Crippen LogP) is 0.603. The number of hydrogen-bond acceptors (Lipinski definition) is 3. The minimum atomic E-state index is -0.124. The molecule has 0 saturated heterocycles. The van der Waals surface area contributed by atoms with Crippen LogP contribution in [0.1, 0.15) is 6.92 Å². The predicted molar refractivity (Wildman–Crippen MR) is 63.4 cm³/mol. The fourth-order valence-corrected chi connectivity index (χ4v) is 1.29. The molecule has 0 radical (unpaired) electrons. The van der Waals surface area contributed by atoms with E-state index in [1.165, 1.54) is 0 Å². The molecule has 90 valence electrons. The summed E-state index contributed by atoms with van der Waals surface area (Å²) in [6.07, 6.45) is 3.30. The van der Waals surface area contributed by atoms with E-state index in [-0.39, 0.29) is 11.9 Å². The number of rotatable bonds is 5. The molecule has 1 heterocycles. The maximum atomic E-state index is 11.6. The van der Waals surface area contributed by atoms with Gasteiger partial charge in [0.1, 0.15) is 0 Å². The molecule has 1 aromatic rings. The van der Waals surface area contributed by atoms with Crippen molar-refractivity contribution >= 4 is 17.5 Å². The van der Waals surface area contributed by atoms with Gasteiger partial charge in [0, 0.05) is 12.7 Å². The molecule has 1 atom stereocenters. The number of nitrogens with one attached hydrogen (secondary N) is 1. The molecule has 0 aromatic carbocycles. The summed E-state index contributed by atoms with van der Waals surface area (Å²) in [5.41, 5.74) is 0. The first-order valence-electron chi connectivity index (χ1n) is 5.13. The lowest BCUT2D eigenvalue weighted by Gasteiger charge is -2.18. The highest BCUT2D eigenvalue weighted by Gasteiger charge is 2.13. The van der Waals surface area contributed by atoms with Crippen LogP contribution < -0.4 is 5.32 Å². The van der Waals surface area contributed by atoms with E-state index in [1.54, 1.807) is 17.1 Å². The molecule has 0 aliphatic rings. The van der Waals surface area contributed by atoms with Crippen molar-refractivity contribution in [2.75, 3.05) is 20.6 Å². The van der Waals surface area contributed by atoms with Crippen LogP contribution in [-0.2, 0) is 11.3 Å². The fraction of sp³-hybridized carbons (Fsp3) is 0.600. The molecule has 0 spiro atoms. The summed E-state index contributed by atoms with van der Waals surface area (Å²) in [5, 5.41) is 7.46. The molecule has 16 heavy (non-hydrogen) atoms. The first-order valence-corrected chi connectivity index (χ1v) is 5.50. The Morgan fingerprint density at radius 1 is 1.69 bits per heavy atom. The number of nitrogens with zero attached hydrogens (tertiary/aromatic N) is 3. The van der Waals surface area contributed by atoms with Gasteiger partial charge < -0.3 is 5.32 Å². The fourth-order valence-electron chi connectivity index (χ4n) is 1.14. The van der Waals surface area contributed by atoms with E-state index < -0.39 is 0 Å². The van der Waals surface area contributed by atoms with Crippen LogP contribution in [0.3, 0.4) is 0 Å². The number of aromatic nitrogens is 2. The summed E-state index contributed by atoms with van der Waals surface area (Å²) in [5.74, 6) is 0.0169. The van der Waals surface area contributed by atoms with Gasteiger partial charge in [-0.3, -0.25) is 14.4 Å². The molecule has 1 amide bonds. The zero-order chi connectivity index (χ0) is 12.1. The van der Waals surface area contributed by atoms with Crippen LogP contribution in [0.15, 0.2) is 12.4 Å². The molecule has 0 aliphatic heterocycles. The van der Waals surface area contributed by atoms with Crippen LogP contribution >= 0.6 is 11.6 Å². The van der Waals surface area contributed by atoms with Crippen LogP contribution in [0.25, 0.3) is 0 Å². The maximum Gasteiger partial charge on any atom is 0.237 e. The number of halogens is 1. The third-order valence-electron chi connectivity index (χ3n) is 2.40. The third kappa shape index (κ3) is 3.83. The lowest BCUT2D eigenvalue weighted by molar-refractivity contribution is -0.125. The van der Waals surface area contributed by atoms with Gasteiger partial charge in [0.2, 0.25) is 5.91 Å². The Morgan fingerprint density at radius 3 is 2.88 bits per heavy atom. The Morgan fingerprint density at radius 2 is 2.38 bits per heavy atom. The number of amides is 1. The largest absolute Gasteiger partial charge is 0.353 e. The van der Waals surface area contributed by atoms with Crippen molar-refractivity contribution in [2.45, 2.75) is 19.5 Å². The molecular formula is C10H17ClN4O. The molecule has 0 fully saturated rings. The minimum absolute atomic E-state index is 0.0169. The van der Waals surface area contributed by atoms with Gasteiger partial charge in [-0.25, -0.2) is 0 Å². The monoisotopic (exact) mass is 244 g/mol. The standard InChI is InChI=1S/C10H17ClN4O/c1-8(14(2)3)10(16)12-4-5-15-7-9(11)6-13-15/h6-8H,4-5H2,1-3H3,(H,12,16). The Balaban J connectivity index is 2.28. The Bertz CT molecular complexity index is 350. The summed E-state index contributed by atoms with van der Waals surface area (Å²) in [4.78, 5) is 13.4. The lowest BCUT2D eigenvalue weighted by atomic mass is 10.3. The average Bonchev–Trinajstić information content (AvgIpc) is 2.62. The van der Waals surface area contributed by atoms with Crippen LogP contribution in [0.4, 0.5) is 0 Å². The molecule has 1 rings (SSSR count). The molecular weight excluding hydrogens is 228 g/mol. The second kappa shape index (κ2) is 5.86. The van der Waals surface area contributed by atoms with Crippen molar-refractivity contribution in [3.05, 3.63) is 17.4 Å². The molecule has 0 aliphatic carbocycles. The topological polar surface area (TPSA) is 50.2 Å². The smallest absolute Gasteiger partial charge is 0.237 e. The van der Waals surface area contributed by atoms with Crippen molar-refractivity contribution in [3.63, 3.8) is 0 Å². The van der Waals surface area contributed by atoms with E-state index in [2.05, 4.69) is 10.4 Å². The molecule has 1 N–H and O–H groups in total. The Hall–Kier alpha value is -1.07. The van der Waals surface area contributed by atoms with Crippen LogP contribution in [-0.4, -0.2) is 47.3 Å². The van der Waals surface area contributed by atoms with Crippen molar-refractivity contribution in [2.24, 2.45) is 0 Å². The molecule has 5 nitrogen and oxygen atoms in total. The van der Waals surface area contributed by atoms with Gasteiger partial charge in [0.15, 0.2) is 0 Å². The van der Waals surface area contributed by atoms with E-state index >= 15 is 0 Å². The summed E-state index contributed by atoms with van der Waals surface area (Å²) in [7, 11) is 3.75. The number of hydrogen-bond donors (Lipinski definition) is 1. The van der Waals surface area contributed by atoms with E-state index in [4.69, 9.17) is 11.6 Å². The second-order valence-corrected chi connectivity index (χ2v) is 4.29. The first-order chi connectivity index (χ1) is 7.50. The van der Waals surface area contributed by atoms with Crippen LogP contribution in [0.2, 0.25) is 5.02 Å². The molecule has 6 heteroatoms. The lowest BCUT2D eigenvalue weighted by Crippen LogP contribution is -2.42. The molecule has 1 unspecified atom stereocenters. The van der Waals surface area contributed by atoms with E-state index in [9.17, 15) is 4.79 Å². The summed E-state index contributed by atoms with van der Waals surface area (Å²) < 4.78 is 1.70. The summed E-state index contributed by atoms with van der Waals surface area (Å²) >= 11 is 5.72. The molecule has 0 bridgehead atoms. The van der Waals surface area contributed by atoms with Gasteiger partial charge in [-0.2, -0.15) is 5.10 Å². The Kier molecular flexibility index (Phi) is 4.76. The number of likely N-dealkylation sites (N-methyl/N-ethyl adjacent to an activating group) is 1. The average molecular weight is 245 g/mol. The highest BCUT2D eigenvalue weighted by molar-refractivity contribution is 6.30.